The highest BCUT2D eigenvalue weighted by Gasteiger charge is 2.53. The van der Waals surface area contributed by atoms with Gasteiger partial charge < -0.3 is 19.1 Å². The number of allylic oxidation sites excluding steroid dienone is 1. The molecule has 0 amide bonds. The van der Waals surface area contributed by atoms with Crippen LogP contribution in [0.25, 0.3) is 0 Å². The molecule has 2 aromatic rings. The number of aliphatic imine (C=N–C) groups is 1. The summed E-state index contributed by atoms with van der Waals surface area (Å²) in [4.78, 5) is 47.9. The number of rotatable bonds is 8. The van der Waals surface area contributed by atoms with Gasteiger partial charge in [0.25, 0.3) is 0 Å². The number of fused-ring (bicyclic) bond motifs is 1. The predicted molar refractivity (Wildman–Crippen MR) is 149 cm³/mol. The number of methoxy groups -OCH3 is 1. The molecule has 2 aromatic carbocycles. The van der Waals surface area contributed by atoms with Crippen LogP contribution in [0.5, 0.6) is 5.75 Å². The van der Waals surface area contributed by atoms with Crippen molar-refractivity contribution in [1.82, 2.24) is 0 Å². The normalized spacial score (nSPS) is 22.5. The van der Waals surface area contributed by atoms with Crippen molar-refractivity contribution >= 4 is 29.1 Å². The summed E-state index contributed by atoms with van der Waals surface area (Å²) in [5.74, 6) is -3.85. The lowest BCUT2D eigenvalue weighted by atomic mass is 9.62. The lowest BCUT2D eigenvalue weighted by Crippen LogP contribution is -2.48. The molecule has 0 bridgehead atoms. The smallest absolute Gasteiger partial charge is 0.336 e. The van der Waals surface area contributed by atoms with Crippen molar-refractivity contribution in [2.45, 2.75) is 39.0 Å². The van der Waals surface area contributed by atoms with Gasteiger partial charge in [-0.3, -0.25) is 14.6 Å². The predicted octanol–water partition coefficient (Wildman–Crippen LogP) is 4.69. The van der Waals surface area contributed by atoms with Crippen LogP contribution < -0.4 is 9.64 Å². The van der Waals surface area contributed by atoms with Gasteiger partial charge in [-0.05, 0) is 56.5 Å². The molecule has 0 spiro atoms. The average molecular weight is 533 g/mol. The largest absolute Gasteiger partial charge is 0.496 e. The van der Waals surface area contributed by atoms with Crippen LogP contribution in [0.15, 0.2) is 64.8 Å². The molecule has 0 saturated heterocycles. The fraction of sp³-hybridized carbons (Fsp3) is 0.419. The van der Waals surface area contributed by atoms with Crippen LogP contribution >= 0.6 is 0 Å². The number of ketones is 1. The zero-order valence-corrected chi connectivity index (χ0v) is 23.4. The molecule has 2 aliphatic rings. The van der Waals surface area contributed by atoms with Crippen LogP contribution in [-0.4, -0.2) is 57.9 Å². The Morgan fingerprint density at radius 2 is 1.64 bits per heavy atom. The lowest BCUT2D eigenvalue weighted by molar-refractivity contribution is -0.153. The first-order chi connectivity index (χ1) is 18.7. The lowest BCUT2D eigenvalue weighted by Gasteiger charge is -2.41. The van der Waals surface area contributed by atoms with Gasteiger partial charge in [0.2, 0.25) is 0 Å². The summed E-state index contributed by atoms with van der Waals surface area (Å²) >= 11 is 0. The summed E-state index contributed by atoms with van der Waals surface area (Å²) in [5.41, 5.74) is 4.02. The number of benzene rings is 2. The van der Waals surface area contributed by atoms with Gasteiger partial charge in [0.05, 0.1) is 31.8 Å². The van der Waals surface area contributed by atoms with Crippen molar-refractivity contribution in [1.29, 1.82) is 0 Å². The van der Waals surface area contributed by atoms with E-state index in [9.17, 15) is 14.4 Å². The summed E-state index contributed by atoms with van der Waals surface area (Å²) in [6.07, 6.45) is 0.347. The molecule has 4 rings (SSSR count). The molecule has 39 heavy (non-hydrogen) atoms. The van der Waals surface area contributed by atoms with Crippen LogP contribution in [0.4, 0.5) is 5.69 Å². The van der Waals surface area contributed by atoms with Gasteiger partial charge in [0, 0.05) is 43.0 Å². The third kappa shape index (κ3) is 5.33. The Hall–Kier alpha value is -3.94. The second-order valence-corrected chi connectivity index (χ2v) is 9.95. The highest BCUT2D eigenvalue weighted by Crippen LogP contribution is 2.49. The third-order valence-electron chi connectivity index (χ3n) is 7.49. The first kappa shape index (κ1) is 28.1. The summed E-state index contributed by atoms with van der Waals surface area (Å²) < 4.78 is 16.4. The minimum Gasteiger partial charge on any atom is -0.496 e. The van der Waals surface area contributed by atoms with Crippen LogP contribution in [0.3, 0.4) is 0 Å². The number of para-hydroxylation sites is 1. The van der Waals surface area contributed by atoms with E-state index in [-0.39, 0.29) is 19.0 Å². The van der Waals surface area contributed by atoms with Gasteiger partial charge in [-0.1, -0.05) is 30.3 Å². The Bertz CT molecular complexity index is 1310. The van der Waals surface area contributed by atoms with Crippen LogP contribution in [0.2, 0.25) is 0 Å². The molecule has 1 saturated carbocycles. The number of hydrogen-bond donors (Lipinski definition) is 0. The van der Waals surface area contributed by atoms with Crippen LogP contribution in [0.1, 0.15) is 50.2 Å². The Balaban J connectivity index is 1.90. The number of Topliss-reactive ketones (excluding diaryl/α,β-unsaturated/α-hetero) is 1. The van der Waals surface area contributed by atoms with E-state index in [2.05, 4.69) is 0 Å². The van der Waals surface area contributed by atoms with Crippen molar-refractivity contribution in [2.75, 3.05) is 39.3 Å². The molecule has 1 fully saturated rings. The molecule has 0 radical (unpaired) electrons. The summed E-state index contributed by atoms with van der Waals surface area (Å²) in [7, 11) is 5.46. The van der Waals surface area contributed by atoms with Crippen molar-refractivity contribution in [3.05, 3.63) is 70.9 Å². The van der Waals surface area contributed by atoms with E-state index < -0.39 is 35.6 Å². The first-order valence-corrected chi connectivity index (χ1v) is 13.3. The molecule has 206 valence electrons. The highest BCUT2D eigenvalue weighted by atomic mass is 16.5. The van der Waals surface area contributed by atoms with Gasteiger partial charge in [-0.15, -0.1) is 0 Å². The summed E-state index contributed by atoms with van der Waals surface area (Å²) in [6.45, 7) is 5.58. The molecule has 0 N–H and O–H groups in total. The SMILES string of the molecule is CCOC(=O)C1=C(C)N=C2C[C@@H](c3ccccc3OC)[C@@H](C(=O)OCC)C(=O)C2[C@@H]1c1ccc(N(C)C)cc1. The van der Waals surface area contributed by atoms with E-state index in [1.54, 1.807) is 27.9 Å². The molecule has 8 nitrogen and oxygen atoms in total. The van der Waals surface area contributed by atoms with Crippen molar-refractivity contribution < 1.29 is 28.6 Å². The first-order valence-electron chi connectivity index (χ1n) is 13.3. The Labute approximate surface area is 229 Å². The highest BCUT2D eigenvalue weighted by molar-refractivity contribution is 6.18. The number of esters is 2. The van der Waals surface area contributed by atoms with Gasteiger partial charge in [-0.2, -0.15) is 0 Å². The number of hydrogen-bond acceptors (Lipinski definition) is 8. The van der Waals surface area contributed by atoms with E-state index in [1.165, 1.54) is 0 Å². The summed E-state index contributed by atoms with van der Waals surface area (Å²) in [5, 5.41) is 0. The van der Waals surface area contributed by atoms with Crippen LogP contribution in [-0.2, 0) is 23.9 Å². The maximum Gasteiger partial charge on any atom is 0.336 e. The monoisotopic (exact) mass is 532 g/mol. The van der Waals surface area contributed by atoms with Gasteiger partial charge in [0.15, 0.2) is 5.78 Å². The Morgan fingerprint density at radius 1 is 0.974 bits per heavy atom. The minimum atomic E-state index is -1.07. The second kappa shape index (κ2) is 11.8. The van der Waals surface area contributed by atoms with Gasteiger partial charge in [-0.25, -0.2) is 4.79 Å². The minimum absolute atomic E-state index is 0.148. The summed E-state index contributed by atoms with van der Waals surface area (Å²) in [6, 6.07) is 15.1. The zero-order chi connectivity index (χ0) is 28.3. The molecule has 1 unspecified atom stereocenters. The molecular formula is C31H36N2O6. The number of nitrogens with zero attached hydrogens (tertiary/aromatic N) is 2. The maximum absolute atomic E-state index is 14.4. The standard InChI is InChI=1S/C31H36N2O6/c1-7-38-30(35)25-18(3)32-23-17-22(21-11-9-10-12-24(21)37-6)27(31(36)39-8-2)29(34)28(23)26(25)19-13-15-20(16-14-19)33(4)5/h9-16,22,26-28H,7-8,17H2,1-6H3/t22-,26+,27+,28?/m0/s1. The fourth-order valence-electron chi connectivity index (χ4n) is 5.76. The topological polar surface area (TPSA) is 94.5 Å². The van der Waals surface area contributed by atoms with E-state index >= 15 is 0 Å². The van der Waals surface area contributed by atoms with E-state index in [1.807, 2.05) is 67.5 Å². The quantitative estimate of drug-likeness (QED) is 0.360. The molecule has 1 heterocycles. The molecule has 1 aliphatic carbocycles. The number of carbonyl (C=O) groups excluding carboxylic acids is 3. The number of anilines is 1. The Morgan fingerprint density at radius 3 is 2.26 bits per heavy atom. The Kier molecular flexibility index (Phi) is 8.53. The maximum atomic E-state index is 14.4. The zero-order valence-electron chi connectivity index (χ0n) is 23.4. The molecule has 1 aliphatic heterocycles. The van der Waals surface area contributed by atoms with Crippen molar-refractivity contribution in [3.63, 3.8) is 0 Å². The number of carbonyl (C=O) groups is 3. The van der Waals surface area contributed by atoms with Crippen molar-refractivity contribution in [2.24, 2.45) is 16.8 Å². The second-order valence-electron chi connectivity index (χ2n) is 9.95. The van der Waals surface area contributed by atoms with Gasteiger partial charge >= 0.3 is 11.9 Å². The van der Waals surface area contributed by atoms with Crippen molar-refractivity contribution in [3.8, 4) is 5.75 Å². The molecule has 8 heteroatoms. The molecule has 0 aromatic heterocycles. The molecular weight excluding hydrogens is 496 g/mol. The van der Waals surface area contributed by atoms with E-state index in [0.29, 0.717) is 29.2 Å². The number of ether oxygens (including phenoxy) is 3. The fourth-order valence-corrected chi connectivity index (χ4v) is 5.76. The average Bonchev–Trinajstić information content (AvgIpc) is 2.92. The molecule has 4 atom stereocenters. The van der Waals surface area contributed by atoms with Crippen LogP contribution in [0, 0.1) is 11.8 Å². The van der Waals surface area contributed by atoms with E-state index in [0.717, 1.165) is 16.8 Å². The van der Waals surface area contributed by atoms with E-state index in [4.69, 9.17) is 19.2 Å². The van der Waals surface area contributed by atoms with Gasteiger partial charge in [0.1, 0.15) is 11.7 Å². The third-order valence-corrected chi connectivity index (χ3v) is 7.49.